The van der Waals surface area contributed by atoms with Gasteiger partial charge in [0.25, 0.3) is 0 Å². The molecule has 0 aliphatic carbocycles. The van der Waals surface area contributed by atoms with Gasteiger partial charge in [0, 0.05) is 31.7 Å². The average molecular weight is 256 g/mol. The van der Waals surface area contributed by atoms with Gasteiger partial charge >= 0.3 is 0 Å². The summed E-state index contributed by atoms with van der Waals surface area (Å²) in [6.07, 6.45) is 0. The van der Waals surface area contributed by atoms with Gasteiger partial charge in [0.15, 0.2) is 11.6 Å². The van der Waals surface area contributed by atoms with E-state index in [-0.39, 0.29) is 0 Å². The lowest BCUT2D eigenvalue weighted by Crippen LogP contribution is -2.45. The summed E-state index contributed by atoms with van der Waals surface area (Å²) in [4.78, 5) is 1.94. The molecule has 1 aliphatic heterocycles. The first kappa shape index (κ1) is 13.2. The lowest BCUT2D eigenvalue weighted by atomic mass is 9.98. The zero-order valence-corrected chi connectivity index (χ0v) is 10.4. The molecule has 0 bridgehead atoms. The molecule has 1 aliphatic rings. The van der Waals surface area contributed by atoms with Crippen molar-refractivity contribution in [3.63, 3.8) is 0 Å². The van der Waals surface area contributed by atoms with Crippen molar-refractivity contribution in [3.05, 3.63) is 29.1 Å². The first-order valence-electron chi connectivity index (χ1n) is 6.14. The molecule has 0 aromatic heterocycles. The van der Waals surface area contributed by atoms with E-state index >= 15 is 0 Å². The number of nitrogens with one attached hydrogen (secondary N) is 1. The van der Waals surface area contributed by atoms with Crippen molar-refractivity contribution in [1.82, 2.24) is 10.2 Å². The molecular weight excluding hydrogens is 238 g/mol. The normalized spacial score (nSPS) is 18.8. The molecule has 3 nitrogen and oxygen atoms in total. The summed E-state index contributed by atoms with van der Waals surface area (Å²) in [7, 11) is 0. The minimum Gasteiger partial charge on any atom is -0.505 e. The van der Waals surface area contributed by atoms with Crippen molar-refractivity contribution in [1.29, 1.82) is 0 Å². The smallest absolute Gasteiger partial charge is 0.165 e. The van der Waals surface area contributed by atoms with E-state index in [1.165, 1.54) is 6.07 Å². The number of halogens is 2. The van der Waals surface area contributed by atoms with E-state index in [1.807, 2.05) is 4.90 Å². The molecule has 1 saturated heterocycles. The lowest BCUT2D eigenvalue weighted by Gasteiger charge is -2.34. The highest BCUT2D eigenvalue weighted by molar-refractivity contribution is 5.42. The van der Waals surface area contributed by atoms with Crippen LogP contribution < -0.4 is 5.32 Å². The van der Waals surface area contributed by atoms with E-state index in [2.05, 4.69) is 5.32 Å². The first-order valence-corrected chi connectivity index (χ1v) is 6.14. The number of phenolic OH excluding ortho intramolecular Hbond substituents is 1. The minimum absolute atomic E-state index is 0.374. The zero-order chi connectivity index (χ0) is 13.1. The number of rotatable bonds is 3. The lowest BCUT2D eigenvalue weighted by molar-refractivity contribution is 0.144. The molecule has 1 fully saturated rings. The Morgan fingerprint density at radius 2 is 2.06 bits per heavy atom. The quantitative estimate of drug-likeness (QED) is 0.865. The maximum atomic E-state index is 13.4. The van der Waals surface area contributed by atoms with Gasteiger partial charge < -0.3 is 10.4 Å². The molecule has 0 unspecified atom stereocenters. The molecular formula is C13H18F2N2O. The average Bonchev–Trinajstić information content (AvgIpc) is 2.40. The van der Waals surface area contributed by atoms with Crippen LogP contribution in [0.4, 0.5) is 8.78 Å². The highest BCUT2D eigenvalue weighted by atomic mass is 19.1. The standard InChI is InChI=1S/C13H18F2N2O/c1-9-2-3-10(15)13(18)12(9)11(8-14)17-6-4-16-5-7-17/h2-3,11,16,18H,4-8H2,1H3/t11-/m0/s1. The summed E-state index contributed by atoms with van der Waals surface area (Å²) in [5, 5.41) is 13.0. The molecule has 0 amide bonds. The van der Waals surface area contributed by atoms with Gasteiger partial charge in [-0.3, -0.25) is 4.90 Å². The number of piperazine rings is 1. The maximum Gasteiger partial charge on any atom is 0.165 e. The highest BCUT2D eigenvalue weighted by Crippen LogP contribution is 2.34. The van der Waals surface area contributed by atoms with Gasteiger partial charge in [0.2, 0.25) is 0 Å². The summed E-state index contributed by atoms with van der Waals surface area (Å²) in [6.45, 7) is 4.10. The maximum absolute atomic E-state index is 13.4. The van der Waals surface area contributed by atoms with Crippen LogP contribution in [0, 0.1) is 12.7 Å². The van der Waals surface area contributed by atoms with Crippen molar-refractivity contribution in [3.8, 4) is 5.75 Å². The number of alkyl halides is 1. The molecule has 0 saturated carbocycles. The summed E-state index contributed by atoms with van der Waals surface area (Å²) in [5.74, 6) is -1.11. The predicted octanol–water partition coefficient (Wildman–Crippen LogP) is 1.76. The Morgan fingerprint density at radius 1 is 1.39 bits per heavy atom. The molecule has 1 atom stereocenters. The number of nitrogens with zero attached hydrogens (tertiary/aromatic N) is 1. The van der Waals surface area contributed by atoms with E-state index in [0.29, 0.717) is 18.7 Å². The molecule has 1 heterocycles. The van der Waals surface area contributed by atoms with Crippen LogP contribution in [-0.2, 0) is 0 Å². The Balaban J connectivity index is 2.34. The molecule has 18 heavy (non-hydrogen) atoms. The van der Waals surface area contributed by atoms with E-state index in [9.17, 15) is 13.9 Å². The van der Waals surface area contributed by atoms with Crippen LogP contribution in [0.2, 0.25) is 0 Å². The van der Waals surface area contributed by atoms with Gasteiger partial charge in [-0.05, 0) is 18.6 Å². The van der Waals surface area contributed by atoms with Gasteiger partial charge in [0.1, 0.15) is 6.67 Å². The number of benzene rings is 1. The molecule has 2 N–H and O–H groups in total. The van der Waals surface area contributed by atoms with Crippen LogP contribution >= 0.6 is 0 Å². The van der Waals surface area contributed by atoms with Crippen LogP contribution in [0.1, 0.15) is 17.2 Å². The largest absolute Gasteiger partial charge is 0.505 e. The molecule has 100 valence electrons. The molecule has 5 heteroatoms. The molecule has 2 rings (SSSR count). The third-order valence-corrected chi connectivity index (χ3v) is 3.46. The first-order chi connectivity index (χ1) is 8.65. The SMILES string of the molecule is Cc1ccc(F)c(O)c1[C@H](CF)N1CCNCC1. The second kappa shape index (κ2) is 5.63. The predicted molar refractivity (Wildman–Crippen MR) is 66.0 cm³/mol. The number of hydrogen-bond acceptors (Lipinski definition) is 3. The molecule has 1 aromatic carbocycles. The fourth-order valence-electron chi connectivity index (χ4n) is 2.45. The van der Waals surface area contributed by atoms with Gasteiger partial charge in [-0.2, -0.15) is 0 Å². The topological polar surface area (TPSA) is 35.5 Å². The van der Waals surface area contributed by atoms with E-state index in [4.69, 9.17) is 0 Å². The van der Waals surface area contributed by atoms with Gasteiger partial charge in [-0.15, -0.1) is 0 Å². The number of aromatic hydroxyl groups is 1. The minimum atomic E-state index is -0.691. The third-order valence-electron chi connectivity index (χ3n) is 3.46. The highest BCUT2D eigenvalue weighted by Gasteiger charge is 2.27. The van der Waals surface area contributed by atoms with Gasteiger partial charge in [-0.1, -0.05) is 6.07 Å². The Morgan fingerprint density at radius 3 is 2.67 bits per heavy atom. The van der Waals surface area contributed by atoms with Crippen molar-refractivity contribution < 1.29 is 13.9 Å². The number of hydrogen-bond donors (Lipinski definition) is 2. The van der Waals surface area contributed by atoms with Crippen molar-refractivity contribution in [2.24, 2.45) is 0 Å². The fraction of sp³-hybridized carbons (Fsp3) is 0.538. The molecule has 1 aromatic rings. The summed E-state index contributed by atoms with van der Waals surface area (Å²) in [6, 6.07) is 2.22. The number of aryl methyl sites for hydroxylation is 1. The molecule has 0 radical (unpaired) electrons. The van der Waals surface area contributed by atoms with Crippen LogP contribution in [0.5, 0.6) is 5.75 Å². The summed E-state index contributed by atoms with van der Waals surface area (Å²) >= 11 is 0. The van der Waals surface area contributed by atoms with E-state index < -0.39 is 24.3 Å². The molecule has 0 spiro atoms. The Kier molecular flexibility index (Phi) is 4.14. The van der Waals surface area contributed by atoms with Crippen LogP contribution in [0.3, 0.4) is 0 Å². The van der Waals surface area contributed by atoms with Crippen molar-refractivity contribution >= 4 is 0 Å². The monoisotopic (exact) mass is 256 g/mol. The second-order valence-electron chi connectivity index (χ2n) is 4.58. The van der Waals surface area contributed by atoms with Crippen molar-refractivity contribution in [2.75, 3.05) is 32.9 Å². The van der Waals surface area contributed by atoms with Gasteiger partial charge in [-0.25, -0.2) is 8.78 Å². The van der Waals surface area contributed by atoms with Crippen LogP contribution in [0.15, 0.2) is 12.1 Å². The second-order valence-corrected chi connectivity index (χ2v) is 4.58. The Labute approximate surface area is 105 Å². The zero-order valence-electron chi connectivity index (χ0n) is 10.4. The van der Waals surface area contributed by atoms with E-state index in [0.717, 1.165) is 18.7 Å². The van der Waals surface area contributed by atoms with Gasteiger partial charge in [0.05, 0.1) is 6.04 Å². The summed E-state index contributed by atoms with van der Waals surface area (Å²) < 4.78 is 26.7. The Bertz CT molecular complexity index is 420. The van der Waals surface area contributed by atoms with E-state index in [1.54, 1.807) is 13.0 Å². The number of phenols is 1. The van der Waals surface area contributed by atoms with Crippen LogP contribution in [-0.4, -0.2) is 42.9 Å². The van der Waals surface area contributed by atoms with Crippen LogP contribution in [0.25, 0.3) is 0 Å². The van der Waals surface area contributed by atoms with Crippen molar-refractivity contribution in [2.45, 2.75) is 13.0 Å². The third kappa shape index (κ3) is 2.47. The fourth-order valence-corrected chi connectivity index (χ4v) is 2.45. The Hall–Kier alpha value is -1.20. The summed E-state index contributed by atoms with van der Waals surface area (Å²) in [5.41, 5.74) is 1.09.